The van der Waals surface area contributed by atoms with Gasteiger partial charge in [0, 0.05) is 34.4 Å². The molecule has 1 N–H and O–H groups in total. The zero-order valence-electron chi connectivity index (χ0n) is 17.2. The quantitative estimate of drug-likeness (QED) is 0.356. The molecule has 0 fully saturated rings. The number of pyridine rings is 1. The van der Waals surface area contributed by atoms with Crippen molar-refractivity contribution in [3.05, 3.63) is 135 Å². The Morgan fingerprint density at radius 2 is 1.69 bits per heavy atom. The van der Waals surface area contributed by atoms with Gasteiger partial charge >= 0.3 is 0 Å². The van der Waals surface area contributed by atoms with Gasteiger partial charge in [-0.2, -0.15) is 0 Å². The Morgan fingerprint density at radius 3 is 2.44 bits per heavy atom. The van der Waals surface area contributed by atoms with Crippen molar-refractivity contribution < 1.29 is 0 Å². The minimum atomic E-state index is -0.123. The highest BCUT2D eigenvalue weighted by Gasteiger charge is 2.17. The number of fused-ring (bicyclic) bond motifs is 1. The number of aromatic amines is 1. The molecule has 2 aromatic heterocycles. The molecule has 2 heterocycles. The third-order valence-electron chi connectivity index (χ3n) is 5.48. The second-order valence-corrected chi connectivity index (χ2v) is 8.04. The average molecular weight is 438 g/mol. The maximum Gasteiger partial charge on any atom is 0.249 e. The van der Waals surface area contributed by atoms with Gasteiger partial charge in [-0.1, -0.05) is 72.3 Å². The molecule has 0 amide bonds. The highest BCUT2D eigenvalue weighted by atomic mass is 35.5. The summed E-state index contributed by atoms with van der Waals surface area (Å²) in [6.07, 6.45) is 9.55. The zero-order valence-corrected chi connectivity index (χ0v) is 17.9. The van der Waals surface area contributed by atoms with E-state index in [9.17, 15) is 4.79 Å². The molecule has 1 atom stereocenters. The summed E-state index contributed by atoms with van der Waals surface area (Å²) < 4.78 is 2.07. The first-order valence-corrected chi connectivity index (χ1v) is 10.7. The molecule has 5 aromatic rings. The fraction of sp³-hybridized carbons (Fsp3) is 0.0370. The molecule has 0 spiro atoms. The molecule has 3 aromatic carbocycles. The molecule has 0 saturated heterocycles. The van der Waals surface area contributed by atoms with E-state index in [0.717, 1.165) is 33.2 Å². The summed E-state index contributed by atoms with van der Waals surface area (Å²) in [6.45, 7) is 0. The fourth-order valence-corrected chi connectivity index (χ4v) is 4.09. The maximum atomic E-state index is 12.3. The first kappa shape index (κ1) is 20.0. The van der Waals surface area contributed by atoms with E-state index in [4.69, 9.17) is 11.6 Å². The second kappa shape index (κ2) is 8.69. The van der Waals surface area contributed by atoms with Crippen LogP contribution in [0, 0.1) is 0 Å². The molecule has 0 radical (unpaired) electrons. The Kier molecular flexibility index (Phi) is 5.44. The summed E-state index contributed by atoms with van der Waals surface area (Å²) in [7, 11) is 0. The van der Waals surface area contributed by atoms with Crippen molar-refractivity contribution in [3.63, 3.8) is 0 Å². The van der Waals surface area contributed by atoms with Gasteiger partial charge in [0.2, 0.25) is 5.56 Å². The van der Waals surface area contributed by atoms with Crippen LogP contribution in [0.1, 0.15) is 28.3 Å². The number of hydrogen-bond acceptors (Lipinski definition) is 2. The third kappa shape index (κ3) is 4.13. The van der Waals surface area contributed by atoms with Crippen molar-refractivity contribution in [3.8, 4) is 0 Å². The topological polar surface area (TPSA) is 50.7 Å². The van der Waals surface area contributed by atoms with E-state index in [1.54, 1.807) is 12.3 Å². The standard InChI is InChI=1S/C27H20ClN3O/c28-23-11-8-20(9-12-23)27(31-15-14-29-18-31)22-10-13-25-24(16-22)21(17-26(32)30-25)7-6-19-4-2-1-3-5-19/h1-18,27H,(H,30,32)/b7-6+. The normalized spacial score (nSPS) is 12.4. The molecule has 0 bridgehead atoms. The highest BCUT2D eigenvalue weighted by molar-refractivity contribution is 6.30. The van der Waals surface area contributed by atoms with Gasteiger partial charge in [0.1, 0.15) is 0 Å². The first-order valence-electron chi connectivity index (χ1n) is 10.3. The van der Waals surface area contributed by atoms with Crippen LogP contribution in [0.4, 0.5) is 0 Å². The van der Waals surface area contributed by atoms with Crippen molar-refractivity contribution in [2.75, 3.05) is 0 Å². The Morgan fingerprint density at radius 1 is 0.906 bits per heavy atom. The van der Waals surface area contributed by atoms with Crippen LogP contribution in [0.25, 0.3) is 23.1 Å². The minimum absolute atomic E-state index is 0.0722. The lowest BCUT2D eigenvalue weighted by molar-refractivity contribution is 0.677. The number of nitrogens with zero attached hydrogens (tertiary/aromatic N) is 2. The first-order chi connectivity index (χ1) is 15.7. The third-order valence-corrected chi connectivity index (χ3v) is 5.73. The molecular formula is C27H20ClN3O. The molecule has 5 rings (SSSR count). The number of aromatic nitrogens is 3. The fourth-order valence-electron chi connectivity index (χ4n) is 3.96. The second-order valence-electron chi connectivity index (χ2n) is 7.60. The Hall–Kier alpha value is -3.89. The van der Waals surface area contributed by atoms with E-state index >= 15 is 0 Å². The van der Waals surface area contributed by atoms with Gasteiger partial charge in [-0.15, -0.1) is 0 Å². The Balaban J connectivity index is 1.65. The molecule has 0 aliphatic rings. The van der Waals surface area contributed by atoms with Crippen LogP contribution in [0.5, 0.6) is 0 Å². The van der Waals surface area contributed by atoms with Crippen LogP contribution in [0.3, 0.4) is 0 Å². The summed E-state index contributed by atoms with van der Waals surface area (Å²) in [6, 6.07) is 25.6. The summed E-state index contributed by atoms with van der Waals surface area (Å²) >= 11 is 6.13. The Bertz CT molecular complexity index is 1440. The van der Waals surface area contributed by atoms with Crippen molar-refractivity contribution in [2.24, 2.45) is 0 Å². The average Bonchev–Trinajstić information content (AvgIpc) is 3.34. The number of rotatable bonds is 5. The van der Waals surface area contributed by atoms with Crippen molar-refractivity contribution in [1.29, 1.82) is 0 Å². The summed E-state index contributed by atoms with van der Waals surface area (Å²) in [5.41, 5.74) is 4.80. The van der Waals surface area contributed by atoms with Gasteiger partial charge in [0.15, 0.2) is 0 Å². The van der Waals surface area contributed by atoms with Crippen LogP contribution in [-0.2, 0) is 0 Å². The van der Waals surface area contributed by atoms with E-state index in [2.05, 4.69) is 20.6 Å². The number of hydrogen-bond donors (Lipinski definition) is 1. The zero-order chi connectivity index (χ0) is 21.9. The number of nitrogens with one attached hydrogen (secondary N) is 1. The lowest BCUT2D eigenvalue weighted by atomic mass is 9.95. The highest BCUT2D eigenvalue weighted by Crippen LogP contribution is 2.30. The Labute approximate surface area is 190 Å². The van der Waals surface area contributed by atoms with Crippen LogP contribution in [0.15, 0.2) is 102 Å². The van der Waals surface area contributed by atoms with Gasteiger partial charge in [0.05, 0.1) is 12.4 Å². The largest absolute Gasteiger partial charge is 0.326 e. The van der Waals surface area contributed by atoms with Crippen molar-refractivity contribution in [2.45, 2.75) is 6.04 Å². The predicted molar refractivity (Wildman–Crippen MR) is 131 cm³/mol. The van der Waals surface area contributed by atoms with Gasteiger partial charge in [-0.25, -0.2) is 4.98 Å². The number of halogens is 1. The molecule has 156 valence electrons. The smallest absolute Gasteiger partial charge is 0.249 e. The molecule has 32 heavy (non-hydrogen) atoms. The molecular weight excluding hydrogens is 418 g/mol. The number of benzene rings is 3. The minimum Gasteiger partial charge on any atom is -0.326 e. The van der Waals surface area contributed by atoms with Crippen molar-refractivity contribution >= 4 is 34.7 Å². The van der Waals surface area contributed by atoms with Crippen LogP contribution in [-0.4, -0.2) is 14.5 Å². The van der Waals surface area contributed by atoms with Crippen molar-refractivity contribution in [1.82, 2.24) is 14.5 Å². The van der Waals surface area contributed by atoms with E-state index in [-0.39, 0.29) is 11.6 Å². The summed E-state index contributed by atoms with van der Waals surface area (Å²) in [5, 5.41) is 1.68. The molecule has 5 heteroatoms. The SMILES string of the molecule is O=c1cc(/C=C/c2ccccc2)c2cc(C(c3ccc(Cl)cc3)n3ccnc3)ccc2[nH]1. The van der Waals surface area contributed by atoms with Gasteiger partial charge in [-0.05, 0) is 46.5 Å². The molecule has 1 unspecified atom stereocenters. The van der Waals surface area contributed by atoms with Crippen LogP contribution in [0.2, 0.25) is 5.02 Å². The lowest BCUT2D eigenvalue weighted by Crippen LogP contribution is -2.11. The van der Waals surface area contributed by atoms with Gasteiger partial charge in [0.25, 0.3) is 0 Å². The van der Waals surface area contributed by atoms with Crippen LogP contribution < -0.4 is 5.56 Å². The van der Waals surface area contributed by atoms with E-state index in [1.165, 1.54) is 0 Å². The summed E-state index contributed by atoms with van der Waals surface area (Å²) in [4.78, 5) is 19.5. The maximum absolute atomic E-state index is 12.3. The predicted octanol–water partition coefficient (Wildman–Crippen LogP) is 6.19. The van der Waals surface area contributed by atoms with Crippen LogP contribution >= 0.6 is 11.6 Å². The molecule has 4 nitrogen and oxygen atoms in total. The number of H-pyrrole nitrogens is 1. The molecule has 0 saturated carbocycles. The molecule has 0 aliphatic heterocycles. The monoisotopic (exact) mass is 437 g/mol. The lowest BCUT2D eigenvalue weighted by Gasteiger charge is -2.20. The summed E-state index contributed by atoms with van der Waals surface area (Å²) in [5.74, 6) is 0. The van der Waals surface area contributed by atoms with E-state index in [0.29, 0.717) is 5.02 Å². The van der Waals surface area contributed by atoms with E-state index in [1.807, 2.05) is 91.4 Å². The van der Waals surface area contributed by atoms with Gasteiger partial charge in [-0.3, -0.25) is 4.79 Å². The van der Waals surface area contributed by atoms with E-state index < -0.39 is 0 Å². The van der Waals surface area contributed by atoms with Gasteiger partial charge < -0.3 is 9.55 Å². The number of imidazole rings is 1. The molecule has 0 aliphatic carbocycles.